The molecule has 1 fully saturated rings. The van der Waals surface area contributed by atoms with Gasteiger partial charge in [0.1, 0.15) is 5.82 Å². The van der Waals surface area contributed by atoms with Gasteiger partial charge in [0.2, 0.25) is 0 Å². The van der Waals surface area contributed by atoms with Crippen LogP contribution in [0.1, 0.15) is 63.1 Å². The summed E-state index contributed by atoms with van der Waals surface area (Å²) in [5.41, 5.74) is 1.04. The number of hydrogen-bond acceptors (Lipinski definition) is 3. The summed E-state index contributed by atoms with van der Waals surface area (Å²) >= 11 is 0. The van der Waals surface area contributed by atoms with Crippen molar-refractivity contribution in [3.05, 3.63) is 22.5 Å². The Morgan fingerprint density at radius 3 is 2.50 bits per heavy atom. The number of aromatic amines is 1. The summed E-state index contributed by atoms with van der Waals surface area (Å²) in [7, 11) is 1.88. The summed E-state index contributed by atoms with van der Waals surface area (Å²) in [5.74, 6) is 1.24. The molecule has 0 unspecified atom stereocenters. The van der Waals surface area contributed by atoms with Gasteiger partial charge in [0, 0.05) is 13.0 Å². The van der Waals surface area contributed by atoms with Crippen LogP contribution in [0.5, 0.6) is 0 Å². The van der Waals surface area contributed by atoms with Crippen LogP contribution in [0.4, 0.5) is 0 Å². The zero-order valence-corrected chi connectivity index (χ0v) is 12.1. The van der Waals surface area contributed by atoms with E-state index in [4.69, 9.17) is 0 Å². The molecule has 0 amide bonds. The molecule has 3 rings (SSSR count). The first kappa shape index (κ1) is 13.3. The minimum atomic E-state index is -0.106. The Kier molecular flexibility index (Phi) is 3.85. The van der Waals surface area contributed by atoms with Gasteiger partial charge in [0.15, 0.2) is 11.2 Å². The Bertz CT molecular complexity index is 633. The fourth-order valence-corrected chi connectivity index (χ4v) is 3.13. The molecule has 0 radical (unpaired) electrons. The molecule has 1 aliphatic rings. The van der Waals surface area contributed by atoms with Crippen molar-refractivity contribution in [1.82, 2.24) is 19.5 Å². The highest BCUT2D eigenvalue weighted by atomic mass is 16.1. The van der Waals surface area contributed by atoms with Crippen LogP contribution in [0.25, 0.3) is 11.2 Å². The molecular weight excluding hydrogens is 252 g/mol. The molecule has 0 aliphatic heterocycles. The van der Waals surface area contributed by atoms with Crippen LogP contribution in [0.15, 0.2) is 11.1 Å². The van der Waals surface area contributed by atoms with E-state index in [0.29, 0.717) is 17.1 Å². The van der Waals surface area contributed by atoms with E-state index in [1.807, 2.05) is 11.6 Å². The molecular formula is C15H22N4O. The van der Waals surface area contributed by atoms with Crippen LogP contribution >= 0.6 is 0 Å². The van der Waals surface area contributed by atoms with Gasteiger partial charge in [0.25, 0.3) is 5.56 Å². The van der Waals surface area contributed by atoms with Gasteiger partial charge < -0.3 is 9.55 Å². The van der Waals surface area contributed by atoms with E-state index >= 15 is 0 Å². The summed E-state index contributed by atoms with van der Waals surface area (Å²) in [6.45, 7) is 0. The van der Waals surface area contributed by atoms with Crippen LogP contribution in [0.3, 0.4) is 0 Å². The first-order chi connectivity index (χ1) is 9.75. The van der Waals surface area contributed by atoms with Crippen molar-refractivity contribution in [2.24, 2.45) is 7.05 Å². The predicted octanol–water partition coefficient (Wildman–Crippen LogP) is 2.87. The summed E-state index contributed by atoms with van der Waals surface area (Å²) < 4.78 is 1.82. The highest BCUT2D eigenvalue weighted by Gasteiger charge is 2.17. The van der Waals surface area contributed by atoms with E-state index in [-0.39, 0.29) is 5.56 Å². The number of H-pyrrole nitrogens is 1. The molecule has 5 nitrogen and oxygen atoms in total. The van der Waals surface area contributed by atoms with Gasteiger partial charge in [-0.1, -0.05) is 38.5 Å². The van der Waals surface area contributed by atoms with Crippen LogP contribution in [0.2, 0.25) is 0 Å². The molecule has 108 valence electrons. The van der Waals surface area contributed by atoms with Crippen LogP contribution < -0.4 is 5.56 Å². The number of imidazole rings is 1. The number of hydrogen-bond donors (Lipinski definition) is 1. The quantitative estimate of drug-likeness (QED) is 0.869. The Hall–Kier alpha value is -1.65. The molecule has 5 heteroatoms. The molecule has 0 spiro atoms. The zero-order valence-electron chi connectivity index (χ0n) is 12.1. The zero-order chi connectivity index (χ0) is 13.9. The predicted molar refractivity (Wildman–Crippen MR) is 78.8 cm³/mol. The number of nitrogens with one attached hydrogen (secondary N) is 1. The van der Waals surface area contributed by atoms with E-state index in [2.05, 4.69) is 15.0 Å². The molecule has 1 N–H and O–H groups in total. The second kappa shape index (κ2) is 5.77. The lowest BCUT2D eigenvalue weighted by Crippen LogP contribution is -2.16. The van der Waals surface area contributed by atoms with Gasteiger partial charge in [-0.05, 0) is 12.8 Å². The summed E-state index contributed by atoms with van der Waals surface area (Å²) in [5, 5.41) is 0. The number of rotatable bonds is 1. The molecule has 2 heterocycles. The highest BCUT2D eigenvalue weighted by molar-refractivity contribution is 5.69. The largest absolute Gasteiger partial charge is 0.318 e. The lowest BCUT2D eigenvalue weighted by atomic mass is 9.96. The van der Waals surface area contributed by atoms with Crippen molar-refractivity contribution in [3.8, 4) is 0 Å². The molecule has 0 atom stereocenters. The molecule has 0 bridgehead atoms. The Labute approximate surface area is 118 Å². The average Bonchev–Trinajstić information content (AvgIpc) is 2.87. The van der Waals surface area contributed by atoms with Gasteiger partial charge in [0.05, 0.1) is 6.33 Å². The fraction of sp³-hybridized carbons (Fsp3) is 0.667. The first-order valence-corrected chi connectivity index (χ1v) is 7.67. The smallest absolute Gasteiger partial charge is 0.279 e. The Morgan fingerprint density at radius 2 is 1.80 bits per heavy atom. The van der Waals surface area contributed by atoms with Gasteiger partial charge in [-0.3, -0.25) is 4.79 Å². The van der Waals surface area contributed by atoms with Gasteiger partial charge in [-0.25, -0.2) is 9.97 Å². The number of nitrogens with zero attached hydrogens (tertiary/aromatic N) is 3. The maximum Gasteiger partial charge on any atom is 0.279 e. The Balaban J connectivity index is 1.94. The maximum absolute atomic E-state index is 12.1. The monoisotopic (exact) mass is 274 g/mol. The molecule has 0 saturated heterocycles. The van der Waals surface area contributed by atoms with Crippen molar-refractivity contribution in [3.63, 3.8) is 0 Å². The lowest BCUT2D eigenvalue weighted by molar-refractivity contribution is 0.515. The second-order valence-corrected chi connectivity index (χ2v) is 5.87. The topological polar surface area (TPSA) is 63.6 Å². The van der Waals surface area contributed by atoms with Crippen molar-refractivity contribution in [2.45, 2.75) is 57.3 Å². The van der Waals surface area contributed by atoms with Gasteiger partial charge in [-0.15, -0.1) is 0 Å². The van der Waals surface area contributed by atoms with E-state index in [0.717, 1.165) is 18.7 Å². The third-order valence-corrected chi connectivity index (χ3v) is 4.33. The maximum atomic E-state index is 12.1. The molecule has 2 aromatic rings. The second-order valence-electron chi connectivity index (χ2n) is 5.87. The van der Waals surface area contributed by atoms with Crippen molar-refractivity contribution < 1.29 is 0 Å². The van der Waals surface area contributed by atoms with E-state index in [1.54, 1.807) is 6.33 Å². The number of fused-ring (bicyclic) bond motifs is 1. The van der Waals surface area contributed by atoms with Gasteiger partial charge in [-0.2, -0.15) is 0 Å². The van der Waals surface area contributed by atoms with E-state index < -0.39 is 0 Å². The summed E-state index contributed by atoms with van der Waals surface area (Å²) in [4.78, 5) is 23.8. The first-order valence-electron chi connectivity index (χ1n) is 7.67. The number of aromatic nitrogens is 4. The van der Waals surface area contributed by atoms with E-state index in [9.17, 15) is 4.79 Å². The minimum Gasteiger partial charge on any atom is -0.318 e. The molecule has 0 aromatic carbocycles. The lowest BCUT2D eigenvalue weighted by Gasteiger charge is -2.14. The third kappa shape index (κ3) is 2.62. The van der Waals surface area contributed by atoms with Crippen LogP contribution in [0, 0.1) is 0 Å². The normalized spacial score (nSPS) is 18.6. The van der Waals surface area contributed by atoms with Crippen LogP contribution in [-0.4, -0.2) is 19.5 Å². The van der Waals surface area contributed by atoms with Crippen molar-refractivity contribution in [2.75, 3.05) is 0 Å². The summed E-state index contributed by atoms with van der Waals surface area (Å²) in [6, 6.07) is 0. The molecule has 20 heavy (non-hydrogen) atoms. The standard InChI is InChI=1S/C15H22N4O/c1-19-10-16-12-14(19)17-13(18-15(12)20)11-8-6-4-2-3-5-7-9-11/h10-11H,2-9H2,1H3,(H,17,18,20). The van der Waals surface area contributed by atoms with E-state index in [1.165, 1.54) is 38.5 Å². The highest BCUT2D eigenvalue weighted by Crippen LogP contribution is 2.28. The van der Waals surface area contributed by atoms with Gasteiger partial charge >= 0.3 is 0 Å². The average molecular weight is 274 g/mol. The van der Waals surface area contributed by atoms with Crippen LogP contribution in [-0.2, 0) is 7.05 Å². The molecule has 1 saturated carbocycles. The fourth-order valence-electron chi connectivity index (χ4n) is 3.13. The number of aryl methyl sites for hydroxylation is 1. The minimum absolute atomic E-state index is 0.106. The Morgan fingerprint density at radius 1 is 1.15 bits per heavy atom. The molecule has 1 aliphatic carbocycles. The van der Waals surface area contributed by atoms with Crippen molar-refractivity contribution in [1.29, 1.82) is 0 Å². The molecule has 2 aromatic heterocycles. The summed E-state index contributed by atoms with van der Waals surface area (Å²) in [6.07, 6.45) is 11.7. The third-order valence-electron chi connectivity index (χ3n) is 4.33. The SMILES string of the molecule is Cn1cnc2c(=O)[nH]c(C3CCCCCCCC3)nc21. The van der Waals surface area contributed by atoms with Crippen molar-refractivity contribution >= 4 is 11.2 Å².